The number of aromatic amines is 1. The summed E-state index contributed by atoms with van der Waals surface area (Å²) >= 11 is 0. The average Bonchev–Trinajstić information content (AvgIpc) is 2.85. The molecule has 0 unspecified atom stereocenters. The number of imidazole rings is 1. The van der Waals surface area contributed by atoms with E-state index in [2.05, 4.69) is 20.0 Å². The van der Waals surface area contributed by atoms with Crippen LogP contribution in [0.3, 0.4) is 0 Å². The van der Waals surface area contributed by atoms with Crippen molar-refractivity contribution in [3.63, 3.8) is 0 Å². The smallest absolute Gasteiger partial charge is 0.237 e. The van der Waals surface area contributed by atoms with Crippen molar-refractivity contribution < 1.29 is 13.2 Å². The lowest BCUT2D eigenvalue weighted by molar-refractivity contribution is -0.122. The minimum absolute atomic E-state index is 0.362. The van der Waals surface area contributed by atoms with E-state index >= 15 is 0 Å². The quantitative estimate of drug-likeness (QED) is 0.724. The summed E-state index contributed by atoms with van der Waals surface area (Å²) < 4.78 is 24.4. The second-order valence-electron chi connectivity index (χ2n) is 5.74. The predicted octanol–water partition coefficient (Wildman–Crippen LogP) is 0.776. The highest BCUT2D eigenvalue weighted by molar-refractivity contribution is 7.88. The molecule has 126 valence electrons. The van der Waals surface area contributed by atoms with Crippen LogP contribution >= 0.6 is 0 Å². The van der Waals surface area contributed by atoms with E-state index in [0.717, 1.165) is 28.7 Å². The lowest BCUT2D eigenvalue weighted by Crippen LogP contribution is -2.44. The van der Waals surface area contributed by atoms with Gasteiger partial charge < -0.3 is 10.3 Å². The average molecular weight is 338 g/mol. The molecule has 1 amide bonds. The van der Waals surface area contributed by atoms with Crippen molar-refractivity contribution >= 4 is 27.0 Å². The van der Waals surface area contributed by atoms with Crippen molar-refractivity contribution in [1.29, 1.82) is 0 Å². The first-order valence-corrected chi connectivity index (χ1v) is 9.26. The normalized spacial score (nSPS) is 13.2. The van der Waals surface area contributed by atoms with E-state index in [9.17, 15) is 13.2 Å². The van der Waals surface area contributed by atoms with Gasteiger partial charge in [-0.05, 0) is 38.0 Å². The van der Waals surface area contributed by atoms with Gasteiger partial charge in [0, 0.05) is 13.0 Å². The number of aromatic nitrogens is 2. The van der Waals surface area contributed by atoms with E-state index in [0.29, 0.717) is 13.0 Å². The maximum atomic E-state index is 11.8. The first kappa shape index (κ1) is 17.4. The molecular formula is C15H22N4O3S. The number of sulfonamides is 1. The van der Waals surface area contributed by atoms with Crippen molar-refractivity contribution in [1.82, 2.24) is 20.0 Å². The molecule has 0 radical (unpaired) electrons. The van der Waals surface area contributed by atoms with Crippen molar-refractivity contribution in [2.45, 2.75) is 33.2 Å². The van der Waals surface area contributed by atoms with E-state index in [1.54, 1.807) is 0 Å². The number of H-pyrrole nitrogens is 1. The van der Waals surface area contributed by atoms with E-state index in [1.807, 2.05) is 26.0 Å². The Morgan fingerprint density at radius 2 is 2.04 bits per heavy atom. The molecule has 0 spiro atoms. The molecule has 23 heavy (non-hydrogen) atoms. The summed E-state index contributed by atoms with van der Waals surface area (Å²) in [5.41, 5.74) is 4.24. The summed E-state index contributed by atoms with van der Waals surface area (Å²) in [5, 5.41) is 2.70. The molecule has 8 heteroatoms. The van der Waals surface area contributed by atoms with Crippen LogP contribution in [0, 0.1) is 13.8 Å². The summed E-state index contributed by atoms with van der Waals surface area (Å²) in [7, 11) is -3.40. The maximum absolute atomic E-state index is 11.8. The van der Waals surface area contributed by atoms with Gasteiger partial charge >= 0.3 is 0 Å². The Morgan fingerprint density at radius 1 is 1.35 bits per heavy atom. The molecule has 1 aromatic carbocycles. The number of carbonyl (C=O) groups is 1. The topological polar surface area (TPSA) is 104 Å². The first-order chi connectivity index (χ1) is 10.7. The number of fused-ring (bicyclic) bond motifs is 1. The van der Waals surface area contributed by atoms with Crippen molar-refractivity contribution in [3.8, 4) is 0 Å². The van der Waals surface area contributed by atoms with Gasteiger partial charge in [0.25, 0.3) is 0 Å². The van der Waals surface area contributed by atoms with Gasteiger partial charge in [-0.1, -0.05) is 6.07 Å². The largest absolute Gasteiger partial charge is 0.354 e. The molecular weight excluding hydrogens is 316 g/mol. The Balaban J connectivity index is 1.94. The molecule has 2 rings (SSSR count). The number of nitrogens with zero attached hydrogens (tertiary/aromatic N) is 1. The molecule has 0 aliphatic rings. The predicted molar refractivity (Wildman–Crippen MR) is 89.7 cm³/mol. The molecule has 0 saturated carbocycles. The molecule has 1 aromatic heterocycles. The highest BCUT2D eigenvalue weighted by atomic mass is 32.2. The third-order valence-corrected chi connectivity index (χ3v) is 4.45. The lowest BCUT2D eigenvalue weighted by Gasteiger charge is -2.12. The zero-order chi connectivity index (χ0) is 17.2. The molecule has 2 aromatic rings. The minimum atomic E-state index is -3.40. The molecule has 0 fully saturated rings. The molecule has 0 saturated heterocycles. The number of hydrogen-bond donors (Lipinski definition) is 3. The number of carbonyl (C=O) groups excluding carboxylic acids is 1. The molecule has 3 N–H and O–H groups in total. The van der Waals surface area contributed by atoms with E-state index in [-0.39, 0.29) is 5.91 Å². The van der Waals surface area contributed by atoms with Gasteiger partial charge in [0.1, 0.15) is 5.82 Å². The fourth-order valence-electron chi connectivity index (χ4n) is 2.31. The third-order valence-electron chi connectivity index (χ3n) is 3.67. The second kappa shape index (κ2) is 6.67. The number of rotatable bonds is 6. The van der Waals surface area contributed by atoms with Crippen molar-refractivity contribution in [2.24, 2.45) is 0 Å². The van der Waals surface area contributed by atoms with E-state index in [1.165, 1.54) is 12.5 Å². The van der Waals surface area contributed by atoms with Gasteiger partial charge in [-0.2, -0.15) is 0 Å². The highest BCUT2D eigenvalue weighted by Gasteiger charge is 2.16. The minimum Gasteiger partial charge on any atom is -0.354 e. The summed E-state index contributed by atoms with van der Waals surface area (Å²) in [4.78, 5) is 19.6. The van der Waals surface area contributed by atoms with Gasteiger partial charge in [-0.3, -0.25) is 4.79 Å². The molecule has 1 atom stereocenters. The van der Waals surface area contributed by atoms with Crippen LogP contribution in [-0.4, -0.2) is 43.1 Å². The SMILES string of the molecule is Cc1ccc2[nH]c(CCNC(=O)[C@@H](C)NS(C)(=O)=O)nc2c1C. The number of aryl methyl sites for hydroxylation is 2. The van der Waals surface area contributed by atoms with Gasteiger partial charge in [0.05, 0.1) is 23.3 Å². The van der Waals surface area contributed by atoms with Crippen LogP contribution in [0.5, 0.6) is 0 Å². The Bertz CT molecular complexity index is 827. The number of nitrogens with one attached hydrogen (secondary N) is 3. The highest BCUT2D eigenvalue weighted by Crippen LogP contribution is 2.19. The van der Waals surface area contributed by atoms with Crippen molar-refractivity contribution in [2.75, 3.05) is 12.8 Å². The van der Waals surface area contributed by atoms with Crippen molar-refractivity contribution in [3.05, 3.63) is 29.1 Å². The van der Waals surface area contributed by atoms with Crippen LogP contribution in [0.1, 0.15) is 23.9 Å². The van der Waals surface area contributed by atoms with Gasteiger partial charge in [-0.15, -0.1) is 0 Å². The Kier molecular flexibility index (Phi) is 5.06. The fourth-order valence-corrected chi connectivity index (χ4v) is 3.06. The molecule has 7 nitrogen and oxygen atoms in total. The van der Waals surface area contributed by atoms with Crippen LogP contribution in [0.15, 0.2) is 12.1 Å². The second-order valence-corrected chi connectivity index (χ2v) is 7.52. The molecule has 1 heterocycles. The monoisotopic (exact) mass is 338 g/mol. The fraction of sp³-hybridized carbons (Fsp3) is 0.467. The zero-order valence-corrected chi connectivity index (χ0v) is 14.5. The molecule has 0 bridgehead atoms. The summed E-state index contributed by atoms with van der Waals surface area (Å²) in [6, 6.07) is 3.23. The van der Waals surface area contributed by atoms with Crippen LogP contribution < -0.4 is 10.0 Å². The number of benzene rings is 1. The lowest BCUT2D eigenvalue weighted by atomic mass is 10.1. The van der Waals surface area contributed by atoms with Gasteiger partial charge in [-0.25, -0.2) is 18.1 Å². The standard InChI is InChI=1S/C15H22N4O3S/c1-9-5-6-12-14(10(9)2)18-13(17-12)7-8-16-15(20)11(3)19-23(4,21)22/h5-6,11,19H,7-8H2,1-4H3,(H,16,20)(H,17,18)/t11-/m1/s1. The Morgan fingerprint density at radius 3 is 2.70 bits per heavy atom. The van der Waals surface area contributed by atoms with Crippen LogP contribution in [0.2, 0.25) is 0 Å². The summed E-state index contributed by atoms with van der Waals surface area (Å²) in [6.07, 6.45) is 1.57. The third kappa shape index (κ3) is 4.52. The first-order valence-electron chi connectivity index (χ1n) is 7.37. The summed E-state index contributed by atoms with van der Waals surface area (Å²) in [6.45, 7) is 5.96. The van der Waals surface area contributed by atoms with Crippen LogP contribution in [-0.2, 0) is 21.2 Å². The van der Waals surface area contributed by atoms with Crippen LogP contribution in [0.25, 0.3) is 11.0 Å². The number of amides is 1. The zero-order valence-electron chi connectivity index (χ0n) is 13.7. The maximum Gasteiger partial charge on any atom is 0.237 e. The van der Waals surface area contributed by atoms with E-state index < -0.39 is 16.1 Å². The molecule has 0 aliphatic carbocycles. The van der Waals surface area contributed by atoms with E-state index in [4.69, 9.17) is 0 Å². The van der Waals surface area contributed by atoms with Crippen LogP contribution in [0.4, 0.5) is 0 Å². The summed E-state index contributed by atoms with van der Waals surface area (Å²) in [5.74, 6) is 0.427. The van der Waals surface area contributed by atoms with Gasteiger partial charge in [0.2, 0.25) is 15.9 Å². The van der Waals surface area contributed by atoms with Gasteiger partial charge in [0.15, 0.2) is 0 Å². The molecule has 0 aliphatic heterocycles. The Hall–Kier alpha value is -1.93. The Labute approximate surface area is 135 Å². The number of hydrogen-bond acceptors (Lipinski definition) is 4.